The zero-order valence-electron chi connectivity index (χ0n) is 13.0. The average molecular weight is 313 g/mol. The predicted octanol–water partition coefficient (Wildman–Crippen LogP) is 3.67. The van der Waals surface area contributed by atoms with Crippen LogP contribution in [0, 0.1) is 12.7 Å². The topological polar surface area (TPSA) is 67.5 Å². The third kappa shape index (κ3) is 2.67. The standard InChI is InChI=1S/C17H16FN3O2/c1-9(2)12-7-14(11-4-5-13(18)10(3)6-11)20-21-8-15(17(22)23)19-16(12)21/h4-9H,1-3H3,(H,22,23). The minimum atomic E-state index is -1.09. The quantitative estimate of drug-likeness (QED) is 0.801. The SMILES string of the molecule is Cc1cc(-c2cc(C(C)C)c3nc(C(=O)O)cn3n2)ccc1F. The summed E-state index contributed by atoms with van der Waals surface area (Å²) in [4.78, 5) is 15.3. The largest absolute Gasteiger partial charge is 0.476 e. The molecular formula is C17H16FN3O2. The van der Waals surface area contributed by atoms with Crippen LogP contribution >= 0.6 is 0 Å². The number of carboxylic acid groups (broad SMARTS) is 1. The van der Waals surface area contributed by atoms with Gasteiger partial charge in [0.15, 0.2) is 11.3 Å². The number of imidazole rings is 1. The Balaban J connectivity index is 2.25. The number of hydrogen-bond acceptors (Lipinski definition) is 3. The van der Waals surface area contributed by atoms with Crippen molar-refractivity contribution >= 4 is 11.6 Å². The maximum Gasteiger partial charge on any atom is 0.356 e. The van der Waals surface area contributed by atoms with E-state index in [0.717, 1.165) is 11.1 Å². The maximum atomic E-state index is 13.5. The van der Waals surface area contributed by atoms with Crippen LogP contribution in [0.3, 0.4) is 0 Å². The minimum Gasteiger partial charge on any atom is -0.476 e. The van der Waals surface area contributed by atoms with Crippen LogP contribution in [-0.4, -0.2) is 25.7 Å². The van der Waals surface area contributed by atoms with Crippen molar-refractivity contribution in [1.82, 2.24) is 14.6 Å². The fraction of sp³-hybridized carbons (Fsp3) is 0.235. The van der Waals surface area contributed by atoms with E-state index in [1.54, 1.807) is 19.1 Å². The van der Waals surface area contributed by atoms with Crippen molar-refractivity contribution in [2.24, 2.45) is 0 Å². The molecule has 5 nitrogen and oxygen atoms in total. The number of fused-ring (bicyclic) bond motifs is 1. The van der Waals surface area contributed by atoms with Crippen molar-refractivity contribution in [2.45, 2.75) is 26.7 Å². The van der Waals surface area contributed by atoms with Gasteiger partial charge in [-0.15, -0.1) is 0 Å². The number of benzene rings is 1. The van der Waals surface area contributed by atoms with Crippen molar-refractivity contribution in [3.05, 3.63) is 53.1 Å². The minimum absolute atomic E-state index is 0.0492. The molecule has 1 N–H and O–H groups in total. The van der Waals surface area contributed by atoms with E-state index in [-0.39, 0.29) is 17.4 Å². The molecule has 0 aliphatic rings. The number of aromatic nitrogens is 3. The summed E-state index contributed by atoms with van der Waals surface area (Å²) in [5, 5.41) is 13.6. The number of carboxylic acids is 1. The summed E-state index contributed by atoms with van der Waals surface area (Å²) in [7, 11) is 0. The van der Waals surface area contributed by atoms with E-state index in [0.29, 0.717) is 16.9 Å². The van der Waals surface area contributed by atoms with E-state index in [4.69, 9.17) is 5.11 Å². The third-order valence-electron chi connectivity index (χ3n) is 3.75. The highest BCUT2D eigenvalue weighted by molar-refractivity contribution is 5.86. The van der Waals surface area contributed by atoms with E-state index in [1.807, 2.05) is 19.9 Å². The zero-order valence-corrected chi connectivity index (χ0v) is 13.0. The van der Waals surface area contributed by atoms with Crippen LogP contribution in [-0.2, 0) is 0 Å². The van der Waals surface area contributed by atoms with Crippen LogP contribution in [0.1, 0.15) is 41.4 Å². The molecule has 0 radical (unpaired) electrons. The second-order valence-corrected chi connectivity index (χ2v) is 5.80. The molecule has 0 bridgehead atoms. The molecular weight excluding hydrogens is 297 g/mol. The summed E-state index contributed by atoms with van der Waals surface area (Å²) < 4.78 is 14.9. The first-order chi connectivity index (χ1) is 10.9. The van der Waals surface area contributed by atoms with E-state index in [9.17, 15) is 9.18 Å². The molecule has 0 aliphatic carbocycles. The molecule has 0 spiro atoms. The van der Waals surface area contributed by atoms with E-state index >= 15 is 0 Å². The monoisotopic (exact) mass is 313 g/mol. The summed E-state index contributed by atoms with van der Waals surface area (Å²) in [6, 6.07) is 6.67. The summed E-state index contributed by atoms with van der Waals surface area (Å²) in [5.74, 6) is -1.22. The molecule has 1 aromatic carbocycles. The van der Waals surface area contributed by atoms with Crippen LogP contribution in [0.2, 0.25) is 0 Å². The molecule has 3 aromatic rings. The van der Waals surface area contributed by atoms with Gasteiger partial charge in [-0.3, -0.25) is 0 Å². The molecule has 23 heavy (non-hydrogen) atoms. The first kappa shape index (κ1) is 15.1. The van der Waals surface area contributed by atoms with E-state index < -0.39 is 5.97 Å². The number of hydrogen-bond donors (Lipinski definition) is 1. The number of aromatic carboxylic acids is 1. The Morgan fingerprint density at radius 2 is 2.04 bits per heavy atom. The second kappa shape index (κ2) is 5.46. The molecule has 2 heterocycles. The van der Waals surface area contributed by atoms with Crippen LogP contribution in [0.15, 0.2) is 30.5 Å². The van der Waals surface area contributed by atoms with Gasteiger partial charge in [-0.05, 0) is 42.7 Å². The Kier molecular flexibility index (Phi) is 3.60. The Morgan fingerprint density at radius 3 is 2.65 bits per heavy atom. The Labute approximate surface area is 132 Å². The van der Waals surface area contributed by atoms with Crippen LogP contribution in [0.5, 0.6) is 0 Å². The van der Waals surface area contributed by atoms with Crippen molar-refractivity contribution in [1.29, 1.82) is 0 Å². The summed E-state index contributed by atoms with van der Waals surface area (Å²) in [6.45, 7) is 5.70. The fourth-order valence-corrected chi connectivity index (χ4v) is 2.47. The van der Waals surface area contributed by atoms with Gasteiger partial charge in [-0.1, -0.05) is 13.8 Å². The number of aryl methyl sites for hydroxylation is 1. The highest BCUT2D eigenvalue weighted by Crippen LogP contribution is 2.26. The second-order valence-electron chi connectivity index (χ2n) is 5.80. The number of nitrogens with zero attached hydrogens (tertiary/aromatic N) is 3. The highest BCUT2D eigenvalue weighted by Gasteiger charge is 2.16. The summed E-state index contributed by atoms with van der Waals surface area (Å²) >= 11 is 0. The van der Waals surface area contributed by atoms with Crippen molar-refractivity contribution < 1.29 is 14.3 Å². The molecule has 0 saturated heterocycles. The molecule has 0 saturated carbocycles. The van der Waals surface area contributed by atoms with E-state index in [1.165, 1.54) is 16.8 Å². The normalized spacial score (nSPS) is 11.3. The first-order valence-corrected chi connectivity index (χ1v) is 7.27. The highest BCUT2D eigenvalue weighted by atomic mass is 19.1. The lowest BCUT2D eigenvalue weighted by atomic mass is 10.0. The number of halogens is 1. The maximum absolute atomic E-state index is 13.5. The van der Waals surface area contributed by atoms with Crippen LogP contribution < -0.4 is 0 Å². The van der Waals surface area contributed by atoms with E-state index in [2.05, 4.69) is 10.1 Å². The molecule has 2 aromatic heterocycles. The lowest BCUT2D eigenvalue weighted by Crippen LogP contribution is -2.01. The van der Waals surface area contributed by atoms with Gasteiger partial charge < -0.3 is 5.11 Å². The van der Waals surface area contributed by atoms with Gasteiger partial charge in [-0.2, -0.15) is 5.10 Å². The van der Waals surface area contributed by atoms with Gasteiger partial charge in [0, 0.05) is 11.1 Å². The molecule has 0 aliphatic heterocycles. The van der Waals surface area contributed by atoms with Crippen LogP contribution in [0.4, 0.5) is 4.39 Å². The van der Waals surface area contributed by atoms with Crippen molar-refractivity contribution in [3.63, 3.8) is 0 Å². The summed E-state index contributed by atoms with van der Waals surface area (Å²) in [5.41, 5.74) is 3.33. The zero-order chi connectivity index (χ0) is 16.7. The fourth-order valence-electron chi connectivity index (χ4n) is 2.47. The lowest BCUT2D eigenvalue weighted by molar-refractivity contribution is 0.0691. The summed E-state index contributed by atoms with van der Waals surface area (Å²) in [6.07, 6.45) is 1.39. The molecule has 0 fully saturated rings. The van der Waals surface area contributed by atoms with Gasteiger partial charge in [0.1, 0.15) is 5.82 Å². The van der Waals surface area contributed by atoms with Crippen molar-refractivity contribution in [2.75, 3.05) is 0 Å². The van der Waals surface area contributed by atoms with Gasteiger partial charge >= 0.3 is 5.97 Å². The van der Waals surface area contributed by atoms with Gasteiger partial charge in [-0.25, -0.2) is 18.7 Å². The molecule has 118 valence electrons. The first-order valence-electron chi connectivity index (χ1n) is 7.27. The number of rotatable bonds is 3. The molecule has 6 heteroatoms. The Bertz CT molecular complexity index is 916. The van der Waals surface area contributed by atoms with Gasteiger partial charge in [0.25, 0.3) is 0 Å². The molecule has 3 rings (SSSR count). The smallest absolute Gasteiger partial charge is 0.356 e. The van der Waals surface area contributed by atoms with Crippen molar-refractivity contribution in [3.8, 4) is 11.3 Å². The lowest BCUT2D eigenvalue weighted by Gasteiger charge is -2.10. The molecule has 0 unspecified atom stereocenters. The Morgan fingerprint density at radius 1 is 1.30 bits per heavy atom. The third-order valence-corrected chi connectivity index (χ3v) is 3.75. The van der Waals surface area contributed by atoms with Crippen LogP contribution in [0.25, 0.3) is 16.9 Å². The molecule has 0 atom stereocenters. The van der Waals surface area contributed by atoms with Gasteiger partial charge in [0.2, 0.25) is 0 Å². The Hall–Kier alpha value is -2.76. The predicted molar refractivity (Wildman–Crippen MR) is 84.2 cm³/mol. The van der Waals surface area contributed by atoms with Gasteiger partial charge in [0.05, 0.1) is 11.9 Å². The molecule has 0 amide bonds. The average Bonchev–Trinajstić information content (AvgIpc) is 2.93. The number of carbonyl (C=O) groups is 1.